The average molecular weight is 572 g/mol. The number of alkyl halides is 3. The van der Waals surface area contributed by atoms with E-state index in [2.05, 4.69) is 26.3 Å². The van der Waals surface area contributed by atoms with Crippen LogP contribution < -0.4 is 14.8 Å². The summed E-state index contributed by atoms with van der Waals surface area (Å²) in [6.07, 6.45) is -1.57. The van der Waals surface area contributed by atoms with Gasteiger partial charge in [0.1, 0.15) is 35.7 Å². The van der Waals surface area contributed by atoms with E-state index in [9.17, 15) is 18.4 Å². The summed E-state index contributed by atoms with van der Waals surface area (Å²) in [7, 11) is 0. The topological polar surface area (TPSA) is 105 Å². The molecule has 0 amide bonds. The summed E-state index contributed by atoms with van der Waals surface area (Å²) >= 11 is 0. The van der Waals surface area contributed by atoms with Gasteiger partial charge in [0.05, 0.1) is 23.6 Å². The van der Waals surface area contributed by atoms with Gasteiger partial charge in [0, 0.05) is 35.8 Å². The van der Waals surface area contributed by atoms with Crippen molar-refractivity contribution in [3.63, 3.8) is 0 Å². The van der Waals surface area contributed by atoms with Crippen LogP contribution in [0.2, 0.25) is 0 Å². The molecule has 1 aliphatic heterocycles. The van der Waals surface area contributed by atoms with Gasteiger partial charge in [0.15, 0.2) is 17.4 Å². The van der Waals surface area contributed by atoms with Gasteiger partial charge in [0.2, 0.25) is 0 Å². The molecule has 2 aromatic carbocycles. The van der Waals surface area contributed by atoms with Crippen LogP contribution in [0, 0.1) is 28.9 Å². The Hall–Kier alpha value is -4.86. The SMILES string of the molecule is CC(C)Oc1ccc(-c2c[nH]c3nccc(Oc4c(F)cc(NC5=NC[C@@H](C(F)(F)F)CO5)cc4F)c23)cc1C#N. The molecule has 8 nitrogen and oxygen atoms in total. The van der Waals surface area contributed by atoms with E-state index in [1.165, 1.54) is 12.3 Å². The van der Waals surface area contributed by atoms with Crippen LogP contribution in [0.1, 0.15) is 19.4 Å². The van der Waals surface area contributed by atoms with Gasteiger partial charge < -0.3 is 24.5 Å². The highest BCUT2D eigenvalue weighted by Gasteiger charge is 2.41. The third-order valence-corrected chi connectivity index (χ3v) is 6.11. The molecule has 0 saturated carbocycles. The van der Waals surface area contributed by atoms with E-state index >= 15 is 8.78 Å². The number of rotatable bonds is 6. The minimum atomic E-state index is -4.46. The molecule has 4 aromatic rings. The van der Waals surface area contributed by atoms with Gasteiger partial charge in [-0.2, -0.15) is 18.4 Å². The second-order valence-electron chi connectivity index (χ2n) is 9.42. The maximum Gasteiger partial charge on any atom is 0.396 e. The fourth-order valence-corrected chi connectivity index (χ4v) is 4.19. The summed E-state index contributed by atoms with van der Waals surface area (Å²) in [6.45, 7) is 2.45. The third kappa shape index (κ3) is 5.86. The van der Waals surface area contributed by atoms with Crippen LogP contribution in [-0.2, 0) is 4.74 Å². The molecule has 212 valence electrons. The average Bonchev–Trinajstić information content (AvgIpc) is 3.35. The maximum absolute atomic E-state index is 15.1. The number of ether oxygens (including phenoxy) is 3. The summed E-state index contributed by atoms with van der Waals surface area (Å²) in [4.78, 5) is 10.9. The number of aromatic amines is 1. The smallest absolute Gasteiger partial charge is 0.396 e. The highest BCUT2D eigenvalue weighted by atomic mass is 19.4. The maximum atomic E-state index is 15.1. The molecule has 0 aliphatic carbocycles. The molecule has 0 radical (unpaired) electrons. The summed E-state index contributed by atoms with van der Waals surface area (Å²) in [5, 5.41) is 12.5. The van der Waals surface area contributed by atoms with Crippen molar-refractivity contribution in [2.24, 2.45) is 10.9 Å². The lowest BCUT2D eigenvalue weighted by molar-refractivity contribution is -0.181. The standard InChI is InChI=1S/C28H22F5N5O3/c1-14(2)40-22-4-3-15(7-16(22)10-34)19-12-36-26-24(19)23(5-6-35-26)41-25-20(29)8-18(9-21(25)30)38-27-37-11-17(13-39-27)28(31,32)33/h3-9,12,14,17H,11,13H2,1-2H3,(H,35,36)(H,37,38)/t17-/m1/s1. The molecule has 3 heterocycles. The zero-order valence-electron chi connectivity index (χ0n) is 21.6. The zero-order valence-corrected chi connectivity index (χ0v) is 21.6. The molecule has 1 aliphatic rings. The fourth-order valence-electron chi connectivity index (χ4n) is 4.19. The predicted molar refractivity (Wildman–Crippen MR) is 140 cm³/mol. The highest BCUT2D eigenvalue weighted by Crippen LogP contribution is 2.39. The molecule has 1 atom stereocenters. The van der Waals surface area contributed by atoms with Crippen molar-refractivity contribution >= 4 is 22.7 Å². The second kappa shape index (κ2) is 11.0. The normalized spacial score (nSPS) is 15.3. The molecule has 2 N–H and O–H groups in total. The number of pyridine rings is 1. The van der Waals surface area contributed by atoms with E-state index < -0.39 is 42.6 Å². The highest BCUT2D eigenvalue weighted by molar-refractivity contribution is 5.98. The lowest BCUT2D eigenvalue weighted by Crippen LogP contribution is -2.36. The number of aliphatic imine (C=N–C) groups is 1. The minimum absolute atomic E-state index is 0.0870. The number of halogens is 5. The van der Waals surface area contributed by atoms with Crippen LogP contribution in [0.25, 0.3) is 22.2 Å². The Kier molecular flexibility index (Phi) is 7.40. The summed E-state index contributed by atoms with van der Waals surface area (Å²) in [5.74, 6) is -4.13. The molecule has 0 unspecified atom stereocenters. The Morgan fingerprint density at radius 2 is 1.88 bits per heavy atom. The number of hydrogen-bond acceptors (Lipinski definition) is 7. The number of hydrogen-bond donors (Lipinski definition) is 2. The quantitative estimate of drug-likeness (QED) is 0.243. The number of H-pyrrole nitrogens is 1. The largest absolute Gasteiger partial charge is 0.490 e. The van der Waals surface area contributed by atoms with Crippen LogP contribution in [0.4, 0.5) is 27.6 Å². The number of nitrogens with zero attached hydrogens (tertiary/aromatic N) is 3. The lowest BCUT2D eigenvalue weighted by atomic mass is 10.0. The molecule has 2 aromatic heterocycles. The number of benzene rings is 2. The molecule has 0 saturated heterocycles. The lowest BCUT2D eigenvalue weighted by Gasteiger charge is -2.24. The van der Waals surface area contributed by atoms with Crippen molar-refractivity contribution in [1.82, 2.24) is 9.97 Å². The number of fused-ring (bicyclic) bond motifs is 1. The predicted octanol–water partition coefficient (Wildman–Crippen LogP) is 6.94. The fraction of sp³-hybridized carbons (Fsp3) is 0.250. The zero-order chi connectivity index (χ0) is 29.3. The number of anilines is 1. The monoisotopic (exact) mass is 571 g/mol. The molecule has 0 spiro atoms. The molecular weight excluding hydrogens is 549 g/mol. The van der Waals surface area contributed by atoms with E-state index in [1.807, 2.05) is 13.8 Å². The van der Waals surface area contributed by atoms with Gasteiger partial charge in [-0.3, -0.25) is 0 Å². The van der Waals surface area contributed by atoms with Crippen molar-refractivity contribution in [2.45, 2.75) is 26.1 Å². The first-order valence-corrected chi connectivity index (χ1v) is 12.4. The molecule has 41 heavy (non-hydrogen) atoms. The molecule has 13 heteroatoms. The Morgan fingerprint density at radius 3 is 2.51 bits per heavy atom. The van der Waals surface area contributed by atoms with Crippen molar-refractivity contribution in [2.75, 3.05) is 18.5 Å². The van der Waals surface area contributed by atoms with Crippen molar-refractivity contribution < 1.29 is 36.2 Å². The Morgan fingerprint density at radius 1 is 1.12 bits per heavy atom. The third-order valence-electron chi connectivity index (χ3n) is 6.11. The van der Waals surface area contributed by atoms with Gasteiger partial charge in [-0.15, -0.1) is 0 Å². The molecule has 0 fully saturated rings. The van der Waals surface area contributed by atoms with Gasteiger partial charge in [-0.25, -0.2) is 18.8 Å². The van der Waals surface area contributed by atoms with Crippen LogP contribution in [0.3, 0.4) is 0 Å². The van der Waals surface area contributed by atoms with Gasteiger partial charge in [-0.1, -0.05) is 6.07 Å². The number of nitrogens with one attached hydrogen (secondary N) is 2. The summed E-state index contributed by atoms with van der Waals surface area (Å²) in [5.41, 5.74) is 1.73. The first-order chi connectivity index (χ1) is 19.5. The van der Waals surface area contributed by atoms with E-state index in [-0.39, 0.29) is 23.6 Å². The minimum Gasteiger partial charge on any atom is -0.490 e. The number of nitriles is 1. The van der Waals surface area contributed by atoms with Crippen LogP contribution in [-0.4, -0.2) is 41.4 Å². The van der Waals surface area contributed by atoms with Gasteiger partial charge in [-0.05, 0) is 37.6 Å². The van der Waals surface area contributed by atoms with E-state index in [0.29, 0.717) is 33.5 Å². The van der Waals surface area contributed by atoms with Gasteiger partial charge in [0.25, 0.3) is 6.02 Å². The van der Waals surface area contributed by atoms with Gasteiger partial charge >= 0.3 is 6.18 Å². The molecule has 5 rings (SSSR count). The first-order valence-electron chi connectivity index (χ1n) is 12.4. The second-order valence-corrected chi connectivity index (χ2v) is 9.42. The van der Waals surface area contributed by atoms with E-state index in [4.69, 9.17) is 14.2 Å². The number of aromatic nitrogens is 2. The van der Waals surface area contributed by atoms with Crippen molar-refractivity contribution in [1.29, 1.82) is 5.26 Å². The Balaban J connectivity index is 1.43. The van der Waals surface area contributed by atoms with Crippen LogP contribution >= 0.6 is 0 Å². The Labute approximate surface area is 230 Å². The molecule has 0 bridgehead atoms. The van der Waals surface area contributed by atoms with Crippen LogP contribution in [0.15, 0.2) is 53.8 Å². The van der Waals surface area contributed by atoms with Crippen molar-refractivity contribution in [3.8, 4) is 34.4 Å². The van der Waals surface area contributed by atoms with E-state index in [0.717, 1.165) is 12.1 Å². The number of amidine groups is 1. The first kappa shape index (κ1) is 27.7. The van der Waals surface area contributed by atoms with Crippen molar-refractivity contribution in [3.05, 3.63) is 66.0 Å². The summed E-state index contributed by atoms with van der Waals surface area (Å²) in [6, 6.07) is 10.1. The molecular formula is C28H22F5N5O3. The summed E-state index contributed by atoms with van der Waals surface area (Å²) < 4.78 is 84.9. The van der Waals surface area contributed by atoms with E-state index in [1.54, 1.807) is 24.4 Å². The Bertz CT molecular complexity index is 1650. The van der Waals surface area contributed by atoms with Crippen LogP contribution in [0.5, 0.6) is 17.2 Å².